The monoisotopic (exact) mass is 636 g/mol. The lowest BCUT2D eigenvalue weighted by Crippen LogP contribution is -2.42. The second-order valence-corrected chi connectivity index (χ2v) is 12.0. The minimum Gasteiger partial charge on any atom is -0.351 e. The number of carbonyl (C=O) groups is 1. The maximum absolute atomic E-state index is 14.4. The third-order valence-corrected chi connectivity index (χ3v) is 7.37. The van der Waals surface area contributed by atoms with Gasteiger partial charge in [-0.15, -0.1) is 0 Å². The number of halogens is 7. The highest BCUT2D eigenvalue weighted by Crippen LogP contribution is 2.49. The van der Waals surface area contributed by atoms with Gasteiger partial charge in [-0.1, -0.05) is 46.3 Å². The molecule has 39 heavy (non-hydrogen) atoms. The Bertz CT molecular complexity index is 1590. The molecule has 1 heterocycles. The van der Waals surface area contributed by atoms with Crippen LogP contribution in [-0.4, -0.2) is 39.1 Å². The van der Waals surface area contributed by atoms with Gasteiger partial charge in [0.1, 0.15) is 9.84 Å². The van der Waals surface area contributed by atoms with E-state index in [2.05, 4.69) is 26.7 Å². The number of amides is 1. The molecule has 3 aromatic rings. The molecule has 1 amide bonds. The van der Waals surface area contributed by atoms with Crippen LogP contribution in [0.3, 0.4) is 0 Å². The summed E-state index contributed by atoms with van der Waals surface area (Å²) >= 11 is 2.85. The van der Waals surface area contributed by atoms with E-state index in [4.69, 9.17) is 4.84 Å². The second-order valence-electron chi connectivity index (χ2n) is 8.81. The summed E-state index contributed by atoms with van der Waals surface area (Å²) in [7, 11) is -3.32. The minimum atomic E-state index is -5.17. The molecule has 0 saturated carbocycles. The van der Waals surface area contributed by atoms with Gasteiger partial charge in [-0.2, -0.15) is 26.3 Å². The molecule has 0 bridgehead atoms. The highest BCUT2D eigenvalue weighted by molar-refractivity contribution is 9.10. The number of benzene rings is 3. The van der Waals surface area contributed by atoms with Crippen LogP contribution in [0, 0.1) is 0 Å². The fourth-order valence-electron chi connectivity index (χ4n) is 4.12. The van der Waals surface area contributed by atoms with Gasteiger partial charge < -0.3 is 5.32 Å². The average molecular weight is 637 g/mol. The predicted molar refractivity (Wildman–Crippen MR) is 135 cm³/mol. The Balaban J connectivity index is 1.80. The van der Waals surface area contributed by atoms with Crippen LogP contribution in [0.4, 0.5) is 26.3 Å². The highest BCUT2D eigenvalue weighted by atomic mass is 79.9. The van der Waals surface area contributed by atoms with Crippen LogP contribution in [0.15, 0.2) is 65.1 Å². The van der Waals surface area contributed by atoms with E-state index in [-0.39, 0.29) is 33.6 Å². The lowest BCUT2D eigenvalue weighted by Gasteiger charge is -2.29. The van der Waals surface area contributed by atoms with Crippen LogP contribution in [-0.2, 0) is 26.5 Å². The van der Waals surface area contributed by atoms with E-state index in [0.29, 0.717) is 29.0 Å². The first kappa shape index (κ1) is 28.9. The first-order chi connectivity index (χ1) is 18.0. The molecule has 1 unspecified atom stereocenters. The van der Waals surface area contributed by atoms with Crippen molar-refractivity contribution in [2.45, 2.75) is 18.0 Å². The zero-order valence-electron chi connectivity index (χ0n) is 19.9. The summed E-state index contributed by atoms with van der Waals surface area (Å²) in [6.45, 7) is -0.144. The SMILES string of the molecule is CS(=O)(=O)CCNC(=O)c1ccc(C2=CC(c3cc(Br)cc(C(F)(F)F)c3)(C(F)(F)F)ON2)c2ccccc12. The van der Waals surface area contributed by atoms with Crippen molar-refractivity contribution in [2.75, 3.05) is 18.6 Å². The van der Waals surface area contributed by atoms with Crippen molar-refractivity contribution < 1.29 is 44.4 Å². The van der Waals surface area contributed by atoms with Gasteiger partial charge in [-0.05, 0) is 41.1 Å². The molecular weight excluding hydrogens is 618 g/mol. The van der Waals surface area contributed by atoms with Crippen molar-refractivity contribution in [2.24, 2.45) is 0 Å². The molecule has 0 spiro atoms. The van der Waals surface area contributed by atoms with Gasteiger partial charge in [0.2, 0.25) is 5.60 Å². The van der Waals surface area contributed by atoms with E-state index in [9.17, 15) is 39.6 Å². The maximum atomic E-state index is 14.4. The van der Waals surface area contributed by atoms with E-state index in [1.165, 1.54) is 12.1 Å². The molecule has 1 aliphatic rings. The summed E-state index contributed by atoms with van der Waals surface area (Å²) in [6, 6.07) is 11.0. The Morgan fingerprint density at radius 3 is 2.31 bits per heavy atom. The zero-order valence-corrected chi connectivity index (χ0v) is 22.3. The molecule has 14 heteroatoms. The Hall–Kier alpha value is -3.10. The number of carbonyl (C=O) groups excluding carboxylic acids is 1. The quantitative estimate of drug-likeness (QED) is 0.338. The first-order valence-electron chi connectivity index (χ1n) is 11.1. The Morgan fingerprint density at radius 1 is 1.03 bits per heavy atom. The summed E-state index contributed by atoms with van der Waals surface area (Å²) in [5, 5.41) is 3.19. The first-order valence-corrected chi connectivity index (χ1v) is 14.0. The molecule has 0 saturated heterocycles. The Morgan fingerprint density at radius 2 is 1.69 bits per heavy atom. The number of alkyl halides is 6. The summed E-state index contributed by atoms with van der Waals surface area (Å²) in [5.74, 6) is -0.877. The molecule has 0 aliphatic carbocycles. The lowest BCUT2D eigenvalue weighted by atomic mass is 9.89. The number of hydroxylamine groups is 1. The standard InChI is InChI=1S/C25H19BrF6N2O4S/c1-39(36,37)9-8-33-22(35)20-7-6-19(17-4-2-3-5-18(17)20)21-13-23(38-34-21,25(30,31)32)14-10-15(24(27,28)29)12-16(26)11-14/h2-7,10-13,34H,8-9H2,1H3,(H,33,35). The van der Waals surface area contributed by atoms with Crippen LogP contribution in [0.1, 0.15) is 27.0 Å². The number of fused-ring (bicyclic) bond motifs is 1. The van der Waals surface area contributed by atoms with Crippen LogP contribution in [0.5, 0.6) is 0 Å². The van der Waals surface area contributed by atoms with Crippen LogP contribution >= 0.6 is 15.9 Å². The van der Waals surface area contributed by atoms with Crippen LogP contribution in [0.2, 0.25) is 0 Å². The van der Waals surface area contributed by atoms with Crippen LogP contribution in [0.25, 0.3) is 16.5 Å². The number of hydrogen-bond acceptors (Lipinski definition) is 5. The summed E-state index contributed by atoms with van der Waals surface area (Å²) in [6.07, 6.45) is -8.40. The smallest absolute Gasteiger partial charge is 0.351 e. The fraction of sp³-hybridized carbons (Fsp3) is 0.240. The summed E-state index contributed by atoms with van der Waals surface area (Å²) < 4.78 is 106. The van der Waals surface area contributed by atoms with E-state index in [1.807, 2.05) is 0 Å². The molecule has 1 atom stereocenters. The zero-order chi connectivity index (χ0) is 28.8. The van der Waals surface area contributed by atoms with Crippen molar-refractivity contribution in [1.29, 1.82) is 0 Å². The molecule has 0 radical (unpaired) electrons. The van der Waals surface area contributed by atoms with Crippen molar-refractivity contribution >= 4 is 48.1 Å². The number of hydrogen-bond donors (Lipinski definition) is 2. The molecule has 2 N–H and O–H groups in total. The van der Waals surface area contributed by atoms with Crippen molar-refractivity contribution in [3.8, 4) is 0 Å². The van der Waals surface area contributed by atoms with Gasteiger partial charge in [-0.25, -0.2) is 8.42 Å². The van der Waals surface area contributed by atoms with E-state index < -0.39 is 44.8 Å². The molecule has 0 fully saturated rings. The largest absolute Gasteiger partial charge is 0.428 e. The number of sulfone groups is 1. The number of nitrogens with one attached hydrogen (secondary N) is 2. The maximum Gasteiger partial charge on any atom is 0.428 e. The molecule has 1 aliphatic heterocycles. The van der Waals surface area contributed by atoms with Crippen LogP contribution < -0.4 is 10.8 Å². The summed E-state index contributed by atoms with van der Waals surface area (Å²) in [4.78, 5) is 17.7. The number of rotatable bonds is 6. The third-order valence-electron chi connectivity index (χ3n) is 5.96. The molecule has 208 valence electrons. The highest BCUT2D eigenvalue weighted by Gasteiger charge is 2.60. The minimum absolute atomic E-state index is 0.144. The lowest BCUT2D eigenvalue weighted by molar-refractivity contribution is -0.269. The van der Waals surface area contributed by atoms with Crippen molar-refractivity contribution in [3.05, 3.63) is 87.4 Å². The topological polar surface area (TPSA) is 84.5 Å². The molecule has 0 aromatic heterocycles. The predicted octanol–water partition coefficient (Wildman–Crippen LogP) is 5.73. The normalized spacial score (nSPS) is 18.1. The van der Waals surface area contributed by atoms with Gasteiger partial charge in [0, 0.05) is 34.0 Å². The van der Waals surface area contributed by atoms with Gasteiger partial charge in [0.25, 0.3) is 5.91 Å². The Labute approximate surface area is 227 Å². The Kier molecular flexibility index (Phi) is 7.51. The van der Waals surface area contributed by atoms with E-state index in [0.717, 1.165) is 12.3 Å². The second kappa shape index (κ2) is 10.1. The fourth-order valence-corrected chi connectivity index (χ4v) is 5.09. The average Bonchev–Trinajstić information content (AvgIpc) is 3.28. The van der Waals surface area contributed by atoms with Crippen molar-refractivity contribution in [1.82, 2.24) is 10.8 Å². The third kappa shape index (κ3) is 5.92. The van der Waals surface area contributed by atoms with E-state index in [1.54, 1.807) is 24.3 Å². The van der Waals surface area contributed by atoms with Gasteiger partial charge in [0.05, 0.1) is 17.0 Å². The molecule has 3 aromatic carbocycles. The summed E-state index contributed by atoms with van der Waals surface area (Å²) in [5.41, 5.74) is -2.98. The van der Waals surface area contributed by atoms with Gasteiger partial charge >= 0.3 is 12.4 Å². The molecule has 6 nitrogen and oxygen atoms in total. The van der Waals surface area contributed by atoms with Crippen molar-refractivity contribution in [3.63, 3.8) is 0 Å². The van der Waals surface area contributed by atoms with Gasteiger partial charge in [-0.3, -0.25) is 15.1 Å². The molecular formula is C25H19BrF6N2O4S. The molecule has 4 rings (SSSR count). The van der Waals surface area contributed by atoms with E-state index >= 15 is 0 Å². The van der Waals surface area contributed by atoms with Gasteiger partial charge in [0.15, 0.2) is 0 Å².